The SMILES string of the molecule is Nc1nc2c(nc[n]2[BiH](=[O])[Cl])c(=O)[nH]1. The van der Waals surface area contributed by atoms with E-state index in [1.54, 1.807) is 0 Å². The molecule has 0 radical (unpaired) electrons. The van der Waals surface area contributed by atoms with Crippen LogP contribution in [0.5, 0.6) is 0 Å². The van der Waals surface area contributed by atoms with Crippen LogP contribution >= 0.6 is 8.51 Å². The van der Waals surface area contributed by atoms with E-state index in [2.05, 4.69) is 15.0 Å². The molecule has 3 N–H and O–H groups in total. The Hall–Kier alpha value is -0.877. The van der Waals surface area contributed by atoms with Crippen LogP contribution in [0.3, 0.4) is 0 Å². The van der Waals surface area contributed by atoms with Crippen LogP contribution in [-0.2, 0) is 2.81 Å². The van der Waals surface area contributed by atoms with Crippen molar-refractivity contribution in [3.8, 4) is 0 Å². The monoisotopic (exact) mass is 411 g/mol. The summed E-state index contributed by atoms with van der Waals surface area (Å²) in [5.41, 5.74) is 5.14. The third-order valence-electron chi connectivity index (χ3n) is 1.61. The fraction of sp³-hybridized carbons (Fsp3) is 0. The molecule has 14 heavy (non-hydrogen) atoms. The second kappa shape index (κ2) is 3.36. The van der Waals surface area contributed by atoms with Gasteiger partial charge in [0.2, 0.25) is 0 Å². The molecular weight excluding hydrogens is 407 g/mol. The van der Waals surface area contributed by atoms with Crippen molar-refractivity contribution < 1.29 is 2.81 Å². The van der Waals surface area contributed by atoms with E-state index in [1.807, 2.05) is 0 Å². The summed E-state index contributed by atoms with van der Waals surface area (Å²) in [5.74, 6) is -0.0478. The van der Waals surface area contributed by atoms with E-state index in [9.17, 15) is 7.61 Å². The van der Waals surface area contributed by atoms with E-state index in [0.29, 0.717) is 0 Å². The number of H-pyrrole nitrogens is 1. The van der Waals surface area contributed by atoms with Gasteiger partial charge in [0.1, 0.15) is 0 Å². The molecule has 7 nitrogen and oxygen atoms in total. The number of hydrogen-bond acceptors (Lipinski definition) is 5. The first kappa shape index (κ1) is 9.67. The molecule has 0 aliphatic rings. The zero-order chi connectivity index (χ0) is 10.3. The van der Waals surface area contributed by atoms with Gasteiger partial charge in [-0.15, -0.1) is 0 Å². The minimum absolute atomic E-state index is 0.0478. The van der Waals surface area contributed by atoms with Gasteiger partial charge in [-0.2, -0.15) is 0 Å². The number of nitrogens with zero attached hydrogens (tertiary/aromatic N) is 3. The molecule has 0 spiro atoms. The molecule has 0 saturated heterocycles. The number of anilines is 1. The van der Waals surface area contributed by atoms with Crippen LogP contribution in [0.4, 0.5) is 5.95 Å². The number of imidazole rings is 1. The molecular formula is C5H5BiClN5O2. The molecule has 0 aliphatic carbocycles. The van der Waals surface area contributed by atoms with E-state index < -0.39 is 26.4 Å². The van der Waals surface area contributed by atoms with Gasteiger partial charge in [-0.05, 0) is 0 Å². The summed E-state index contributed by atoms with van der Waals surface area (Å²) in [6.45, 7) is 0. The van der Waals surface area contributed by atoms with Gasteiger partial charge in [0.15, 0.2) is 0 Å². The van der Waals surface area contributed by atoms with Crippen LogP contribution in [0.15, 0.2) is 11.1 Å². The molecule has 74 valence electrons. The van der Waals surface area contributed by atoms with Crippen molar-refractivity contribution in [1.82, 2.24) is 17.5 Å². The maximum absolute atomic E-state index is 11.3. The van der Waals surface area contributed by atoms with Crippen LogP contribution in [0.25, 0.3) is 11.2 Å². The molecule has 2 heterocycles. The number of nitrogen functional groups attached to an aromatic ring is 1. The molecule has 0 amide bonds. The molecule has 2 aromatic heterocycles. The van der Waals surface area contributed by atoms with E-state index in [0.717, 1.165) is 0 Å². The van der Waals surface area contributed by atoms with Gasteiger partial charge < -0.3 is 0 Å². The predicted molar refractivity (Wildman–Crippen MR) is 51.6 cm³/mol. The summed E-state index contributed by atoms with van der Waals surface area (Å²) in [4.78, 5) is 21.1. The average Bonchev–Trinajstić information content (AvgIpc) is 2.47. The zero-order valence-electron chi connectivity index (χ0n) is 6.69. The number of nitrogens with one attached hydrogen (secondary N) is 1. The van der Waals surface area contributed by atoms with Crippen molar-refractivity contribution in [2.45, 2.75) is 0 Å². The first-order valence-corrected chi connectivity index (χ1v) is 11.6. The molecule has 1 unspecified atom stereocenters. The summed E-state index contributed by atoms with van der Waals surface area (Å²) < 4.78 is 12.4. The Labute approximate surface area is 89.0 Å². The number of hydrogen-bond donors (Lipinski definition) is 2. The first-order chi connectivity index (χ1) is 6.59. The normalized spacial score (nSPS) is 13.2. The third-order valence-corrected chi connectivity index (χ3v) is 5.96. The van der Waals surface area contributed by atoms with Crippen molar-refractivity contribution in [1.29, 1.82) is 0 Å². The van der Waals surface area contributed by atoms with Crippen LogP contribution in [-0.4, -0.2) is 38.3 Å². The molecule has 9 heteroatoms. The van der Waals surface area contributed by atoms with Crippen molar-refractivity contribution in [2.75, 3.05) is 5.73 Å². The predicted octanol–water partition coefficient (Wildman–Crippen LogP) is -1.06. The Morgan fingerprint density at radius 3 is 3.00 bits per heavy atom. The van der Waals surface area contributed by atoms with Crippen molar-refractivity contribution >= 4 is 46.5 Å². The number of aromatic nitrogens is 4. The molecule has 0 saturated carbocycles. The van der Waals surface area contributed by atoms with Crippen LogP contribution in [0.1, 0.15) is 0 Å². The van der Waals surface area contributed by atoms with E-state index in [-0.39, 0.29) is 17.1 Å². The Kier molecular flexibility index (Phi) is 2.32. The minimum atomic E-state index is -3.55. The summed E-state index contributed by atoms with van der Waals surface area (Å²) in [6.07, 6.45) is 1.24. The number of nitrogens with two attached hydrogens (primary N) is 1. The molecule has 0 aromatic carbocycles. The van der Waals surface area contributed by atoms with Gasteiger partial charge in [-0.25, -0.2) is 0 Å². The number of fused-ring (bicyclic) bond motifs is 1. The molecule has 0 aliphatic heterocycles. The van der Waals surface area contributed by atoms with E-state index in [1.165, 1.54) is 8.84 Å². The van der Waals surface area contributed by atoms with Gasteiger partial charge in [0.05, 0.1) is 0 Å². The summed E-state index contributed by atoms with van der Waals surface area (Å²) in [6, 6.07) is 0. The third kappa shape index (κ3) is 1.44. The van der Waals surface area contributed by atoms with Crippen LogP contribution < -0.4 is 11.3 Å². The molecule has 0 bridgehead atoms. The van der Waals surface area contributed by atoms with Crippen molar-refractivity contribution in [3.63, 3.8) is 0 Å². The zero-order valence-corrected chi connectivity index (χ0v) is 11.3. The first-order valence-electron chi connectivity index (χ1n) is 3.52. The average molecular weight is 412 g/mol. The standard InChI is InChI=1S/C5H5N5O.Bi.ClH.O.H/c6-5-9-3-2(4(11)10-5)7-1-8-3;;;;/h1H,(H4,6,7,8,9,10,11);;1H;;/q;+2;;;/p-2. The summed E-state index contributed by atoms with van der Waals surface area (Å²) >= 11 is -3.55. The Balaban J connectivity index is 2.92. The molecule has 2 aromatic rings. The van der Waals surface area contributed by atoms with Crippen LogP contribution in [0, 0.1) is 0 Å². The Bertz CT molecular complexity index is 575. The summed E-state index contributed by atoms with van der Waals surface area (Å²) in [5, 5.41) is 0. The molecule has 0 fully saturated rings. The van der Waals surface area contributed by atoms with Crippen molar-refractivity contribution in [2.24, 2.45) is 0 Å². The van der Waals surface area contributed by atoms with Crippen LogP contribution in [0.2, 0.25) is 0 Å². The van der Waals surface area contributed by atoms with E-state index >= 15 is 0 Å². The second-order valence-electron chi connectivity index (χ2n) is 2.49. The molecule has 2 rings (SSSR count). The Morgan fingerprint density at radius 1 is 1.64 bits per heavy atom. The number of halogens is 1. The fourth-order valence-electron chi connectivity index (χ4n) is 1.06. The summed E-state index contributed by atoms with van der Waals surface area (Å²) in [7, 11) is 5.52. The molecule has 1 atom stereocenters. The second-order valence-corrected chi connectivity index (χ2v) is 9.17. The van der Waals surface area contributed by atoms with Crippen molar-refractivity contribution in [3.05, 3.63) is 16.7 Å². The topological polar surface area (TPSA) is 107 Å². The van der Waals surface area contributed by atoms with Gasteiger partial charge >= 0.3 is 89.2 Å². The van der Waals surface area contributed by atoms with Gasteiger partial charge in [-0.3, -0.25) is 0 Å². The number of aromatic amines is 1. The number of rotatable bonds is 1. The maximum atomic E-state index is 11.3. The van der Waals surface area contributed by atoms with Gasteiger partial charge in [-0.1, -0.05) is 0 Å². The quantitative estimate of drug-likeness (QED) is 0.582. The van der Waals surface area contributed by atoms with Gasteiger partial charge in [0, 0.05) is 0 Å². The Morgan fingerprint density at radius 2 is 2.36 bits per heavy atom. The van der Waals surface area contributed by atoms with E-state index in [4.69, 9.17) is 14.2 Å². The van der Waals surface area contributed by atoms with Gasteiger partial charge in [0.25, 0.3) is 0 Å². The fourth-order valence-corrected chi connectivity index (χ4v) is 3.97.